The summed E-state index contributed by atoms with van der Waals surface area (Å²) in [6.45, 7) is 6.43. The van der Waals surface area contributed by atoms with Crippen LogP contribution < -0.4 is 0 Å². The number of hydrogen-bond donors (Lipinski definition) is 0. The minimum absolute atomic E-state index is 1.37. The zero-order valence-corrected chi connectivity index (χ0v) is 19.1. The van der Waals surface area contributed by atoms with Gasteiger partial charge in [-0.05, 0) is 38.9 Å². The fraction of sp³-hybridized carbons (Fsp3) is 1.00. The number of nitrogens with zero attached hydrogens (tertiary/aromatic N) is 1. The normalized spacial score (nSPS) is 16.8. The largest absolute Gasteiger partial charge is 0.303 e. The van der Waals surface area contributed by atoms with Crippen LogP contribution in [-0.2, 0) is 0 Å². The van der Waals surface area contributed by atoms with Crippen LogP contribution in [0.3, 0.4) is 0 Å². The molecular formula is C26H53N. The molecule has 0 unspecified atom stereocenters. The maximum Gasteiger partial charge on any atom is -0.00187 e. The number of rotatable bonds is 17. The van der Waals surface area contributed by atoms with Gasteiger partial charge in [-0.2, -0.15) is 0 Å². The summed E-state index contributed by atoms with van der Waals surface area (Å²) >= 11 is 0. The summed E-state index contributed by atoms with van der Waals surface area (Å²) in [5.74, 6) is 0. The Balaban J connectivity index is 1.75. The smallest absolute Gasteiger partial charge is 0.00187 e. The van der Waals surface area contributed by atoms with Gasteiger partial charge in [0, 0.05) is 0 Å². The van der Waals surface area contributed by atoms with Gasteiger partial charge in [-0.15, -0.1) is 0 Å². The third-order valence-electron chi connectivity index (χ3n) is 6.53. The first kappa shape index (κ1) is 25.0. The van der Waals surface area contributed by atoms with E-state index in [1.54, 1.807) is 0 Å². The average molecular weight is 380 g/mol. The van der Waals surface area contributed by atoms with Gasteiger partial charge in [0.2, 0.25) is 0 Å². The first-order valence-corrected chi connectivity index (χ1v) is 13.2. The molecule has 0 spiro atoms. The van der Waals surface area contributed by atoms with Crippen LogP contribution in [-0.4, -0.2) is 24.5 Å². The van der Waals surface area contributed by atoms with E-state index in [4.69, 9.17) is 0 Å². The third kappa shape index (κ3) is 17.8. The molecule has 1 rings (SSSR count). The third-order valence-corrected chi connectivity index (χ3v) is 6.53. The van der Waals surface area contributed by atoms with E-state index in [0.29, 0.717) is 0 Å². The minimum Gasteiger partial charge on any atom is -0.303 e. The molecule has 0 saturated carbocycles. The maximum absolute atomic E-state index is 2.76. The molecule has 0 bridgehead atoms. The molecule has 1 saturated heterocycles. The molecule has 27 heavy (non-hydrogen) atoms. The van der Waals surface area contributed by atoms with Crippen molar-refractivity contribution in [1.82, 2.24) is 4.90 Å². The van der Waals surface area contributed by atoms with Gasteiger partial charge in [-0.25, -0.2) is 0 Å². The summed E-state index contributed by atoms with van der Waals surface area (Å²) in [4.78, 5) is 2.76. The Bertz CT molecular complexity index is 265. The summed E-state index contributed by atoms with van der Waals surface area (Å²) in [7, 11) is 0. The molecule has 1 fully saturated rings. The molecule has 0 aromatic heterocycles. The molecular weight excluding hydrogens is 326 g/mol. The van der Waals surface area contributed by atoms with Crippen LogP contribution in [0.2, 0.25) is 0 Å². The fourth-order valence-corrected chi connectivity index (χ4v) is 4.60. The quantitative estimate of drug-likeness (QED) is 0.228. The molecule has 1 heterocycles. The molecule has 1 aliphatic rings. The summed E-state index contributed by atoms with van der Waals surface area (Å²) in [5.41, 5.74) is 0. The Morgan fingerprint density at radius 3 is 1.15 bits per heavy atom. The van der Waals surface area contributed by atoms with Crippen molar-refractivity contribution in [2.75, 3.05) is 19.6 Å². The van der Waals surface area contributed by atoms with Gasteiger partial charge in [0.05, 0.1) is 0 Å². The molecule has 0 atom stereocenters. The molecule has 0 amide bonds. The lowest BCUT2D eigenvalue weighted by Crippen LogP contribution is -2.26. The average Bonchev–Trinajstić information content (AvgIpc) is 2.81. The monoisotopic (exact) mass is 379 g/mol. The number of unbranched alkanes of at least 4 members (excludes halogenated alkanes) is 15. The Hall–Kier alpha value is -0.0400. The fourth-order valence-electron chi connectivity index (χ4n) is 4.60. The summed E-state index contributed by atoms with van der Waals surface area (Å²) in [6, 6.07) is 0. The molecule has 1 aliphatic heterocycles. The van der Waals surface area contributed by atoms with Crippen molar-refractivity contribution in [2.24, 2.45) is 0 Å². The van der Waals surface area contributed by atoms with Crippen molar-refractivity contribution in [3.05, 3.63) is 0 Å². The lowest BCUT2D eigenvalue weighted by molar-refractivity contribution is 0.262. The van der Waals surface area contributed by atoms with Crippen LogP contribution in [0.4, 0.5) is 0 Å². The molecule has 162 valence electrons. The highest BCUT2D eigenvalue weighted by molar-refractivity contribution is 4.62. The first-order valence-electron chi connectivity index (χ1n) is 13.2. The Morgan fingerprint density at radius 1 is 0.407 bits per heavy atom. The van der Waals surface area contributed by atoms with Gasteiger partial charge in [-0.3, -0.25) is 0 Å². The highest BCUT2D eigenvalue weighted by Gasteiger charge is 2.06. The Labute approximate surface area is 173 Å². The van der Waals surface area contributed by atoms with E-state index in [1.807, 2.05) is 0 Å². The van der Waals surface area contributed by atoms with Gasteiger partial charge in [-0.1, -0.05) is 129 Å². The summed E-state index contributed by atoms with van der Waals surface area (Å²) in [6.07, 6.45) is 32.3. The second-order valence-electron chi connectivity index (χ2n) is 9.27. The van der Waals surface area contributed by atoms with Gasteiger partial charge < -0.3 is 4.90 Å². The van der Waals surface area contributed by atoms with Crippen LogP contribution in [0.25, 0.3) is 0 Å². The van der Waals surface area contributed by atoms with E-state index in [0.717, 1.165) is 0 Å². The maximum atomic E-state index is 2.76. The van der Waals surface area contributed by atoms with Crippen LogP contribution >= 0.6 is 0 Å². The summed E-state index contributed by atoms with van der Waals surface area (Å²) in [5, 5.41) is 0. The van der Waals surface area contributed by atoms with Crippen molar-refractivity contribution < 1.29 is 0 Å². The molecule has 0 N–H and O–H groups in total. The molecule has 1 nitrogen and oxygen atoms in total. The highest BCUT2D eigenvalue weighted by atomic mass is 15.1. The predicted octanol–water partition coefficient (Wildman–Crippen LogP) is 8.90. The van der Waals surface area contributed by atoms with Crippen LogP contribution in [0, 0.1) is 0 Å². The van der Waals surface area contributed by atoms with E-state index in [1.165, 1.54) is 161 Å². The molecule has 0 aromatic rings. The van der Waals surface area contributed by atoms with Crippen molar-refractivity contribution in [2.45, 2.75) is 148 Å². The van der Waals surface area contributed by atoms with Gasteiger partial charge >= 0.3 is 0 Å². The SMILES string of the molecule is CCCCCCCCCCCCCCCCCCN1CCCCCCCC1. The van der Waals surface area contributed by atoms with E-state index in [-0.39, 0.29) is 0 Å². The van der Waals surface area contributed by atoms with E-state index < -0.39 is 0 Å². The van der Waals surface area contributed by atoms with Crippen LogP contribution in [0.5, 0.6) is 0 Å². The second-order valence-corrected chi connectivity index (χ2v) is 9.27. The summed E-state index contributed by atoms with van der Waals surface area (Å²) < 4.78 is 0. The Morgan fingerprint density at radius 2 is 0.741 bits per heavy atom. The Kier molecular flexibility index (Phi) is 19.2. The highest BCUT2D eigenvalue weighted by Crippen LogP contribution is 2.15. The molecule has 0 aromatic carbocycles. The van der Waals surface area contributed by atoms with Gasteiger partial charge in [0.1, 0.15) is 0 Å². The predicted molar refractivity (Wildman–Crippen MR) is 124 cm³/mol. The zero-order valence-electron chi connectivity index (χ0n) is 19.1. The standard InChI is InChI=1S/C26H53N/c1-2-3-4-5-6-7-8-9-10-11-12-13-14-15-18-21-24-27-25-22-19-16-17-20-23-26-27/h2-26H2,1H3. The zero-order chi connectivity index (χ0) is 19.3. The minimum atomic E-state index is 1.37. The first-order chi connectivity index (χ1) is 13.4. The van der Waals surface area contributed by atoms with E-state index >= 15 is 0 Å². The van der Waals surface area contributed by atoms with Crippen LogP contribution in [0.1, 0.15) is 148 Å². The van der Waals surface area contributed by atoms with Crippen molar-refractivity contribution >= 4 is 0 Å². The second kappa shape index (κ2) is 20.7. The van der Waals surface area contributed by atoms with Crippen molar-refractivity contribution in [3.8, 4) is 0 Å². The van der Waals surface area contributed by atoms with Gasteiger partial charge in [0.15, 0.2) is 0 Å². The number of hydrogen-bond acceptors (Lipinski definition) is 1. The molecule has 1 heteroatoms. The molecule has 0 aliphatic carbocycles. The van der Waals surface area contributed by atoms with Crippen molar-refractivity contribution in [3.63, 3.8) is 0 Å². The topological polar surface area (TPSA) is 3.24 Å². The van der Waals surface area contributed by atoms with E-state index in [2.05, 4.69) is 11.8 Å². The molecule has 0 radical (unpaired) electrons. The van der Waals surface area contributed by atoms with Crippen LogP contribution in [0.15, 0.2) is 0 Å². The van der Waals surface area contributed by atoms with E-state index in [9.17, 15) is 0 Å². The lowest BCUT2D eigenvalue weighted by Gasteiger charge is -2.21. The van der Waals surface area contributed by atoms with Gasteiger partial charge in [0.25, 0.3) is 0 Å². The lowest BCUT2D eigenvalue weighted by atomic mass is 10.0. The van der Waals surface area contributed by atoms with Crippen molar-refractivity contribution in [1.29, 1.82) is 0 Å².